The van der Waals surface area contributed by atoms with Gasteiger partial charge in [0.1, 0.15) is 5.75 Å². The fraction of sp³-hybridized carbons (Fsp3) is 0.286. The normalized spacial score (nSPS) is 10.2. The lowest BCUT2D eigenvalue weighted by atomic mass is 10.1. The van der Waals surface area contributed by atoms with Crippen LogP contribution in [0.25, 0.3) is 0 Å². The van der Waals surface area contributed by atoms with E-state index in [-0.39, 0.29) is 25.4 Å². The van der Waals surface area contributed by atoms with Crippen molar-refractivity contribution in [1.29, 1.82) is 0 Å². The van der Waals surface area contributed by atoms with Crippen molar-refractivity contribution in [1.82, 2.24) is 10.9 Å². The number of carbonyl (C=O) groups is 3. The molecule has 3 amide bonds. The Kier molecular flexibility index (Phi) is 8.21. The summed E-state index contributed by atoms with van der Waals surface area (Å²) in [7, 11) is 0. The van der Waals surface area contributed by atoms with E-state index in [0.29, 0.717) is 11.4 Å². The van der Waals surface area contributed by atoms with E-state index in [1.807, 2.05) is 51.1 Å². The lowest BCUT2D eigenvalue weighted by Gasteiger charge is -2.11. The molecule has 7 nitrogen and oxygen atoms in total. The van der Waals surface area contributed by atoms with E-state index in [4.69, 9.17) is 4.74 Å². The SMILES string of the molecule is Cc1ccc(NC(=O)CCC(=O)NNC(=O)COc2ccc(Br)cc2C)cc1C. The fourth-order valence-corrected chi connectivity index (χ4v) is 2.90. The van der Waals surface area contributed by atoms with Crippen molar-refractivity contribution in [3.05, 3.63) is 57.6 Å². The van der Waals surface area contributed by atoms with Crippen LogP contribution in [-0.2, 0) is 14.4 Å². The van der Waals surface area contributed by atoms with Gasteiger partial charge in [-0.05, 0) is 67.8 Å². The molecule has 2 aromatic rings. The van der Waals surface area contributed by atoms with Crippen molar-refractivity contribution in [3.8, 4) is 5.75 Å². The molecule has 3 N–H and O–H groups in total. The lowest BCUT2D eigenvalue weighted by molar-refractivity contribution is -0.130. The second kappa shape index (κ2) is 10.6. The highest BCUT2D eigenvalue weighted by Gasteiger charge is 2.10. The maximum Gasteiger partial charge on any atom is 0.276 e. The van der Waals surface area contributed by atoms with Gasteiger partial charge in [0.2, 0.25) is 11.8 Å². The molecule has 0 aliphatic carbocycles. The van der Waals surface area contributed by atoms with E-state index in [1.54, 1.807) is 6.07 Å². The smallest absolute Gasteiger partial charge is 0.276 e. The van der Waals surface area contributed by atoms with Crippen LogP contribution in [0.15, 0.2) is 40.9 Å². The molecule has 2 rings (SSSR count). The molecular formula is C21H24BrN3O4. The van der Waals surface area contributed by atoms with Gasteiger partial charge < -0.3 is 10.1 Å². The minimum Gasteiger partial charge on any atom is -0.483 e. The molecule has 0 aliphatic heterocycles. The zero-order valence-electron chi connectivity index (χ0n) is 16.6. The molecule has 0 bridgehead atoms. The summed E-state index contributed by atoms with van der Waals surface area (Å²) in [5, 5.41) is 2.75. The number of rotatable bonds is 7. The van der Waals surface area contributed by atoms with Gasteiger partial charge in [0.25, 0.3) is 5.91 Å². The van der Waals surface area contributed by atoms with Crippen LogP contribution in [0.5, 0.6) is 5.75 Å². The number of benzene rings is 2. The highest BCUT2D eigenvalue weighted by atomic mass is 79.9. The number of hydrogen-bond donors (Lipinski definition) is 3. The number of hydrogen-bond acceptors (Lipinski definition) is 4. The predicted molar refractivity (Wildman–Crippen MR) is 114 cm³/mol. The van der Waals surface area contributed by atoms with E-state index in [2.05, 4.69) is 32.1 Å². The van der Waals surface area contributed by atoms with Crippen LogP contribution >= 0.6 is 15.9 Å². The third-order valence-corrected chi connectivity index (χ3v) is 4.70. The van der Waals surface area contributed by atoms with E-state index >= 15 is 0 Å². The van der Waals surface area contributed by atoms with Crippen molar-refractivity contribution in [3.63, 3.8) is 0 Å². The lowest BCUT2D eigenvalue weighted by Crippen LogP contribution is -2.44. The summed E-state index contributed by atoms with van der Waals surface area (Å²) in [4.78, 5) is 35.6. The van der Waals surface area contributed by atoms with Gasteiger partial charge in [-0.15, -0.1) is 0 Å². The van der Waals surface area contributed by atoms with Crippen LogP contribution in [-0.4, -0.2) is 24.3 Å². The maximum absolute atomic E-state index is 12.0. The Labute approximate surface area is 178 Å². The molecule has 29 heavy (non-hydrogen) atoms. The molecule has 0 aromatic heterocycles. The quantitative estimate of drug-likeness (QED) is 0.550. The summed E-state index contributed by atoms with van der Waals surface area (Å²) in [5.74, 6) is -0.657. The van der Waals surface area contributed by atoms with Crippen LogP contribution in [0.1, 0.15) is 29.5 Å². The van der Waals surface area contributed by atoms with Crippen molar-refractivity contribution < 1.29 is 19.1 Å². The maximum atomic E-state index is 12.0. The molecule has 154 valence electrons. The first kappa shape index (κ1) is 22.4. The van der Waals surface area contributed by atoms with Gasteiger partial charge in [0.05, 0.1) is 0 Å². The first-order valence-corrected chi connectivity index (χ1v) is 9.87. The zero-order valence-corrected chi connectivity index (χ0v) is 18.2. The van der Waals surface area contributed by atoms with Crippen molar-refractivity contribution in [2.75, 3.05) is 11.9 Å². The van der Waals surface area contributed by atoms with Crippen molar-refractivity contribution in [2.24, 2.45) is 0 Å². The number of carbonyl (C=O) groups excluding carboxylic acids is 3. The number of halogens is 1. The Morgan fingerprint density at radius 2 is 1.52 bits per heavy atom. The van der Waals surface area contributed by atoms with Crippen LogP contribution in [0.3, 0.4) is 0 Å². The van der Waals surface area contributed by atoms with Gasteiger partial charge in [-0.25, -0.2) is 0 Å². The highest BCUT2D eigenvalue weighted by molar-refractivity contribution is 9.10. The van der Waals surface area contributed by atoms with Crippen LogP contribution in [0, 0.1) is 20.8 Å². The van der Waals surface area contributed by atoms with E-state index in [0.717, 1.165) is 21.2 Å². The molecule has 0 saturated heterocycles. The van der Waals surface area contributed by atoms with Crippen molar-refractivity contribution >= 4 is 39.3 Å². The number of amides is 3. The molecule has 0 aliphatic rings. The second-order valence-electron chi connectivity index (χ2n) is 6.64. The average Bonchev–Trinajstić information content (AvgIpc) is 2.67. The molecule has 0 saturated carbocycles. The Morgan fingerprint density at radius 1 is 0.828 bits per heavy atom. The molecule has 0 radical (unpaired) electrons. The van der Waals surface area contributed by atoms with Crippen LogP contribution in [0.4, 0.5) is 5.69 Å². The van der Waals surface area contributed by atoms with Gasteiger partial charge in [-0.2, -0.15) is 0 Å². The largest absolute Gasteiger partial charge is 0.483 e. The number of hydrazine groups is 1. The second-order valence-corrected chi connectivity index (χ2v) is 7.56. The van der Waals surface area contributed by atoms with E-state index < -0.39 is 11.8 Å². The number of anilines is 1. The standard InChI is InChI=1S/C21H24BrN3O4/c1-13-4-6-17(11-14(13)2)23-19(26)8-9-20(27)24-25-21(28)12-29-18-7-5-16(22)10-15(18)3/h4-7,10-11H,8-9,12H2,1-3H3,(H,23,26)(H,24,27)(H,25,28). The average molecular weight is 462 g/mol. The third kappa shape index (κ3) is 7.57. The monoisotopic (exact) mass is 461 g/mol. The minimum absolute atomic E-state index is 0.00319. The number of nitrogens with one attached hydrogen (secondary N) is 3. The predicted octanol–water partition coefficient (Wildman–Crippen LogP) is 3.32. The summed E-state index contributed by atoms with van der Waals surface area (Å²) in [5.41, 5.74) is 8.32. The molecule has 2 aromatic carbocycles. The Hall–Kier alpha value is -2.87. The van der Waals surface area contributed by atoms with E-state index in [9.17, 15) is 14.4 Å². The van der Waals surface area contributed by atoms with Gasteiger partial charge in [-0.1, -0.05) is 22.0 Å². The molecule has 0 fully saturated rings. The van der Waals surface area contributed by atoms with Crippen molar-refractivity contribution in [2.45, 2.75) is 33.6 Å². The Balaban J connectivity index is 1.67. The Bertz CT molecular complexity index is 915. The van der Waals surface area contributed by atoms with Gasteiger partial charge in [-0.3, -0.25) is 25.2 Å². The summed E-state index contributed by atoms with van der Waals surface area (Å²) in [6.07, 6.45) is -0.0488. The van der Waals surface area contributed by atoms with Gasteiger partial charge in [0, 0.05) is 23.0 Å². The summed E-state index contributed by atoms with van der Waals surface area (Å²) < 4.78 is 6.34. The molecule has 0 unspecified atom stereocenters. The molecule has 8 heteroatoms. The molecule has 0 heterocycles. The van der Waals surface area contributed by atoms with Gasteiger partial charge >= 0.3 is 0 Å². The summed E-state index contributed by atoms with van der Waals surface area (Å²) in [6.45, 7) is 5.58. The van der Waals surface area contributed by atoms with E-state index in [1.165, 1.54) is 0 Å². The molecular weight excluding hydrogens is 438 g/mol. The first-order valence-electron chi connectivity index (χ1n) is 9.08. The minimum atomic E-state index is -0.500. The van der Waals surface area contributed by atoms with Gasteiger partial charge in [0.15, 0.2) is 6.61 Å². The molecule has 0 atom stereocenters. The zero-order chi connectivity index (χ0) is 21.4. The highest BCUT2D eigenvalue weighted by Crippen LogP contribution is 2.21. The first-order chi connectivity index (χ1) is 13.7. The fourth-order valence-electron chi connectivity index (χ4n) is 2.43. The number of ether oxygens (including phenoxy) is 1. The summed E-state index contributed by atoms with van der Waals surface area (Å²) >= 11 is 3.36. The third-order valence-electron chi connectivity index (χ3n) is 4.21. The van der Waals surface area contributed by atoms with Crippen LogP contribution < -0.4 is 20.9 Å². The van der Waals surface area contributed by atoms with Crippen LogP contribution in [0.2, 0.25) is 0 Å². The Morgan fingerprint density at radius 3 is 2.21 bits per heavy atom. The molecule has 0 spiro atoms. The number of aryl methyl sites for hydroxylation is 3. The topological polar surface area (TPSA) is 96.5 Å². The summed E-state index contributed by atoms with van der Waals surface area (Å²) in [6, 6.07) is 11.0.